The number of nitrogen functional groups attached to an aromatic ring is 1. The predicted molar refractivity (Wildman–Crippen MR) is 59.6 cm³/mol. The van der Waals surface area contributed by atoms with Crippen LogP contribution in [0, 0.1) is 0 Å². The second kappa shape index (κ2) is 4.54. The molecule has 0 saturated carbocycles. The molecular weight excluding hydrogens is 206 g/mol. The Morgan fingerprint density at radius 2 is 2.12 bits per heavy atom. The van der Waals surface area contributed by atoms with Gasteiger partial charge in [-0.2, -0.15) is 0 Å². The summed E-state index contributed by atoms with van der Waals surface area (Å²) in [4.78, 5) is 12.5. The molecule has 0 saturated heterocycles. The zero-order chi connectivity index (χ0) is 11.4. The molecule has 0 aliphatic carbocycles. The quantitative estimate of drug-likeness (QED) is 0.585. The van der Waals surface area contributed by atoms with E-state index in [-0.39, 0.29) is 0 Å². The Labute approximate surface area is 92.5 Å². The third-order valence-corrected chi connectivity index (χ3v) is 1.97. The summed E-state index contributed by atoms with van der Waals surface area (Å²) in [5.41, 5.74) is 3.09. The number of aromatic nitrogens is 3. The largest absolute Gasteiger partial charge is 0.481 e. The van der Waals surface area contributed by atoms with Gasteiger partial charge in [0.05, 0.1) is 7.11 Å². The van der Waals surface area contributed by atoms with Crippen molar-refractivity contribution in [3.8, 4) is 17.4 Å². The third-order valence-electron chi connectivity index (χ3n) is 1.97. The van der Waals surface area contributed by atoms with Crippen molar-refractivity contribution in [2.45, 2.75) is 0 Å². The minimum atomic E-state index is 0.495. The summed E-state index contributed by atoms with van der Waals surface area (Å²) < 4.78 is 5.03. The van der Waals surface area contributed by atoms with E-state index in [1.807, 2.05) is 6.07 Å². The van der Waals surface area contributed by atoms with Gasteiger partial charge in [0.25, 0.3) is 0 Å². The van der Waals surface area contributed by atoms with Gasteiger partial charge in [-0.15, -0.1) is 0 Å². The molecule has 6 nitrogen and oxygen atoms in total. The molecule has 0 aromatic carbocycles. The number of nitrogens with two attached hydrogens (primary N) is 1. The first-order valence-electron chi connectivity index (χ1n) is 4.64. The first-order chi connectivity index (χ1) is 7.83. The van der Waals surface area contributed by atoms with Crippen molar-refractivity contribution in [2.75, 3.05) is 12.5 Å². The fourth-order valence-electron chi connectivity index (χ4n) is 1.22. The predicted octanol–water partition coefficient (Wildman–Crippen LogP) is 0.833. The van der Waals surface area contributed by atoms with Gasteiger partial charge in [0.15, 0.2) is 5.82 Å². The fraction of sp³-hybridized carbons (Fsp3) is 0.100. The van der Waals surface area contributed by atoms with E-state index in [4.69, 9.17) is 10.6 Å². The Hall–Kier alpha value is -2.21. The van der Waals surface area contributed by atoms with Crippen molar-refractivity contribution in [3.05, 3.63) is 30.5 Å². The Bertz CT molecular complexity index is 443. The first-order valence-corrected chi connectivity index (χ1v) is 4.64. The molecule has 0 aliphatic rings. The maximum absolute atomic E-state index is 5.27. The van der Waals surface area contributed by atoms with E-state index in [0.29, 0.717) is 23.2 Å². The molecule has 0 atom stereocenters. The van der Waals surface area contributed by atoms with Gasteiger partial charge in [-0.25, -0.2) is 20.8 Å². The van der Waals surface area contributed by atoms with Gasteiger partial charge < -0.3 is 10.2 Å². The number of pyridine rings is 1. The highest BCUT2D eigenvalue weighted by Crippen LogP contribution is 2.16. The molecule has 2 heterocycles. The van der Waals surface area contributed by atoms with Crippen LogP contribution in [-0.4, -0.2) is 22.1 Å². The summed E-state index contributed by atoms with van der Waals surface area (Å²) in [6.07, 6.45) is 1.61. The molecule has 0 fully saturated rings. The number of hydrazine groups is 1. The van der Waals surface area contributed by atoms with Crippen LogP contribution in [-0.2, 0) is 0 Å². The second-order valence-corrected chi connectivity index (χ2v) is 2.98. The first kappa shape index (κ1) is 10.3. The van der Waals surface area contributed by atoms with Gasteiger partial charge >= 0.3 is 0 Å². The summed E-state index contributed by atoms with van der Waals surface area (Å²) >= 11 is 0. The summed E-state index contributed by atoms with van der Waals surface area (Å²) in [6, 6.07) is 7.06. The van der Waals surface area contributed by atoms with Crippen LogP contribution >= 0.6 is 0 Å². The lowest BCUT2D eigenvalue weighted by Crippen LogP contribution is -2.09. The molecule has 0 aliphatic heterocycles. The average molecular weight is 217 g/mol. The lowest BCUT2D eigenvalue weighted by atomic mass is 10.3. The van der Waals surface area contributed by atoms with Crippen LogP contribution in [0.15, 0.2) is 30.5 Å². The number of ether oxygens (including phenoxy) is 1. The average Bonchev–Trinajstić information content (AvgIpc) is 2.39. The highest BCUT2D eigenvalue weighted by atomic mass is 16.5. The standard InChI is InChI=1S/C10H11N5O/c1-16-9-4-2-3-7(13-9)10-12-6-5-8(14-10)15-11/h2-6H,11H2,1H3,(H,12,14,15). The van der Waals surface area contributed by atoms with Gasteiger partial charge in [-0.3, -0.25) is 0 Å². The Morgan fingerprint density at radius 3 is 2.88 bits per heavy atom. The molecular formula is C10H11N5O. The Balaban J connectivity index is 2.41. The molecule has 16 heavy (non-hydrogen) atoms. The van der Waals surface area contributed by atoms with Crippen LogP contribution in [0.25, 0.3) is 11.5 Å². The van der Waals surface area contributed by atoms with E-state index in [2.05, 4.69) is 20.4 Å². The minimum absolute atomic E-state index is 0.495. The number of hydrogen-bond donors (Lipinski definition) is 2. The summed E-state index contributed by atoms with van der Waals surface area (Å²) in [7, 11) is 1.56. The molecule has 3 N–H and O–H groups in total. The maximum Gasteiger partial charge on any atom is 0.213 e. The summed E-state index contributed by atoms with van der Waals surface area (Å²) in [5, 5.41) is 0. The van der Waals surface area contributed by atoms with Crippen molar-refractivity contribution in [2.24, 2.45) is 5.84 Å². The van der Waals surface area contributed by atoms with E-state index in [1.54, 1.807) is 31.5 Å². The number of anilines is 1. The molecule has 0 unspecified atom stereocenters. The smallest absolute Gasteiger partial charge is 0.213 e. The molecule has 0 spiro atoms. The van der Waals surface area contributed by atoms with Crippen molar-refractivity contribution in [1.82, 2.24) is 15.0 Å². The van der Waals surface area contributed by atoms with Gasteiger partial charge in [0.2, 0.25) is 5.88 Å². The van der Waals surface area contributed by atoms with E-state index in [0.717, 1.165) is 0 Å². The monoisotopic (exact) mass is 217 g/mol. The zero-order valence-electron chi connectivity index (χ0n) is 8.71. The van der Waals surface area contributed by atoms with E-state index in [9.17, 15) is 0 Å². The number of nitrogens with one attached hydrogen (secondary N) is 1. The zero-order valence-corrected chi connectivity index (χ0v) is 8.71. The van der Waals surface area contributed by atoms with Crippen molar-refractivity contribution >= 4 is 5.82 Å². The second-order valence-electron chi connectivity index (χ2n) is 2.98. The molecule has 0 amide bonds. The Kier molecular flexibility index (Phi) is 2.93. The van der Waals surface area contributed by atoms with Gasteiger partial charge in [0, 0.05) is 18.3 Å². The van der Waals surface area contributed by atoms with Crippen molar-refractivity contribution in [1.29, 1.82) is 0 Å². The van der Waals surface area contributed by atoms with Crippen LogP contribution in [0.4, 0.5) is 5.82 Å². The molecule has 2 aromatic rings. The van der Waals surface area contributed by atoms with Crippen LogP contribution in [0.2, 0.25) is 0 Å². The van der Waals surface area contributed by atoms with Gasteiger partial charge in [0.1, 0.15) is 11.5 Å². The van der Waals surface area contributed by atoms with Gasteiger partial charge in [-0.1, -0.05) is 6.07 Å². The number of nitrogens with zero attached hydrogens (tertiary/aromatic N) is 3. The van der Waals surface area contributed by atoms with E-state index >= 15 is 0 Å². The van der Waals surface area contributed by atoms with Crippen LogP contribution in [0.5, 0.6) is 5.88 Å². The molecule has 0 radical (unpaired) electrons. The van der Waals surface area contributed by atoms with Crippen LogP contribution < -0.4 is 16.0 Å². The Morgan fingerprint density at radius 1 is 1.25 bits per heavy atom. The number of hydrogen-bond acceptors (Lipinski definition) is 6. The van der Waals surface area contributed by atoms with E-state index in [1.165, 1.54) is 0 Å². The SMILES string of the molecule is COc1cccc(-c2nccc(NN)n2)n1. The lowest BCUT2D eigenvalue weighted by molar-refractivity contribution is 0.398. The molecule has 82 valence electrons. The van der Waals surface area contributed by atoms with Crippen LogP contribution in [0.1, 0.15) is 0 Å². The minimum Gasteiger partial charge on any atom is -0.481 e. The molecule has 2 rings (SSSR count). The van der Waals surface area contributed by atoms with Gasteiger partial charge in [-0.05, 0) is 6.07 Å². The maximum atomic E-state index is 5.27. The number of methoxy groups -OCH3 is 1. The van der Waals surface area contributed by atoms with Crippen molar-refractivity contribution in [3.63, 3.8) is 0 Å². The summed E-state index contributed by atoms with van der Waals surface area (Å²) in [5.74, 6) is 6.82. The van der Waals surface area contributed by atoms with Crippen molar-refractivity contribution < 1.29 is 4.74 Å². The summed E-state index contributed by atoms with van der Waals surface area (Å²) in [6.45, 7) is 0. The topological polar surface area (TPSA) is 86.0 Å². The molecule has 0 bridgehead atoms. The third kappa shape index (κ3) is 2.06. The fourth-order valence-corrected chi connectivity index (χ4v) is 1.22. The normalized spacial score (nSPS) is 9.88. The number of rotatable bonds is 3. The highest BCUT2D eigenvalue weighted by molar-refractivity contribution is 5.52. The van der Waals surface area contributed by atoms with E-state index < -0.39 is 0 Å². The molecule has 6 heteroatoms. The lowest BCUT2D eigenvalue weighted by Gasteiger charge is -2.03. The van der Waals surface area contributed by atoms with Crippen LogP contribution in [0.3, 0.4) is 0 Å². The highest BCUT2D eigenvalue weighted by Gasteiger charge is 2.04. The molecule has 2 aromatic heterocycles.